The number of rotatable bonds is 3. The van der Waals surface area contributed by atoms with E-state index in [1.54, 1.807) is 13.1 Å². The first-order chi connectivity index (χ1) is 14.2. The van der Waals surface area contributed by atoms with Crippen LogP contribution in [0.25, 0.3) is 16.8 Å². The lowest BCUT2D eigenvalue weighted by molar-refractivity contribution is -0.137. The number of amides is 1. The topological polar surface area (TPSA) is 59.3 Å². The number of hydrogen-bond donors (Lipinski definition) is 1. The van der Waals surface area contributed by atoms with Crippen molar-refractivity contribution in [1.82, 2.24) is 14.6 Å². The van der Waals surface area contributed by atoms with Crippen LogP contribution in [-0.4, -0.2) is 20.5 Å². The molecular weight excluding hydrogens is 393 g/mol. The molecule has 0 fully saturated rings. The first-order valence-electron chi connectivity index (χ1n) is 9.14. The highest BCUT2D eigenvalue weighted by Gasteiger charge is 2.30. The lowest BCUT2D eigenvalue weighted by Crippen LogP contribution is -2.16. The fourth-order valence-corrected chi connectivity index (χ4v) is 3.30. The van der Waals surface area contributed by atoms with Gasteiger partial charge in [0.1, 0.15) is 0 Å². The lowest BCUT2D eigenvalue weighted by Gasteiger charge is -2.11. The monoisotopic (exact) mass is 410 g/mol. The van der Waals surface area contributed by atoms with Crippen LogP contribution in [0.5, 0.6) is 0 Å². The molecule has 0 saturated carbocycles. The number of nitrogens with zero attached hydrogens (tertiary/aromatic N) is 3. The van der Waals surface area contributed by atoms with Gasteiger partial charge in [-0.15, -0.1) is 0 Å². The lowest BCUT2D eigenvalue weighted by atomic mass is 10.1. The van der Waals surface area contributed by atoms with Gasteiger partial charge in [0.2, 0.25) is 0 Å². The summed E-state index contributed by atoms with van der Waals surface area (Å²) in [6.45, 7) is 3.53. The summed E-state index contributed by atoms with van der Waals surface area (Å²) in [5.41, 5.74) is 3.07. The SMILES string of the molecule is Cc1nc2c(-c3ccccc3)c(C)nn2cc1C(=O)Nc1cccc(C(F)(F)F)c1. The summed E-state index contributed by atoms with van der Waals surface area (Å²) in [5.74, 6) is -0.560. The van der Waals surface area contributed by atoms with Crippen molar-refractivity contribution in [3.63, 3.8) is 0 Å². The Bertz CT molecular complexity index is 1250. The number of aryl methyl sites for hydroxylation is 2. The average Bonchev–Trinajstić information content (AvgIpc) is 3.02. The molecule has 4 rings (SSSR count). The normalized spacial score (nSPS) is 11.6. The van der Waals surface area contributed by atoms with E-state index in [-0.39, 0.29) is 11.3 Å². The van der Waals surface area contributed by atoms with Gasteiger partial charge in [-0.1, -0.05) is 36.4 Å². The van der Waals surface area contributed by atoms with E-state index < -0.39 is 17.6 Å². The van der Waals surface area contributed by atoms with Gasteiger partial charge in [0.05, 0.1) is 22.5 Å². The molecule has 152 valence electrons. The summed E-state index contributed by atoms with van der Waals surface area (Å²) in [6.07, 6.45) is -2.95. The van der Waals surface area contributed by atoms with Crippen molar-refractivity contribution in [1.29, 1.82) is 0 Å². The predicted molar refractivity (Wildman–Crippen MR) is 107 cm³/mol. The van der Waals surface area contributed by atoms with Crippen molar-refractivity contribution >= 4 is 17.2 Å². The summed E-state index contributed by atoms with van der Waals surface area (Å²) in [7, 11) is 0. The zero-order valence-corrected chi connectivity index (χ0v) is 16.2. The van der Waals surface area contributed by atoms with E-state index in [0.717, 1.165) is 29.0 Å². The number of benzene rings is 2. The number of anilines is 1. The second-order valence-electron chi connectivity index (χ2n) is 6.87. The Morgan fingerprint density at radius 1 is 1.00 bits per heavy atom. The molecule has 2 aromatic carbocycles. The summed E-state index contributed by atoms with van der Waals surface area (Å²) in [5, 5.41) is 6.96. The Labute approximate surface area is 170 Å². The number of alkyl halides is 3. The van der Waals surface area contributed by atoms with Crippen LogP contribution >= 0.6 is 0 Å². The van der Waals surface area contributed by atoms with Gasteiger partial charge in [-0.2, -0.15) is 18.3 Å². The number of carbonyl (C=O) groups excluding carboxylic acids is 1. The van der Waals surface area contributed by atoms with Crippen LogP contribution in [0, 0.1) is 13.8 Å². The number of carbonyl (C=O) groups is 1. The number of nitrogens with one attached hydrogen (secondary N) is 1. The molecule has 4 aromatic rings. The smallest absolute Gasteiger partial charge is 0.322 e. The second-order valence-corrected chi connectivity index (χ2v) is 6.87. The second kappa shape index (κ2) is 7.29. The molecule has 0 unspecified atom stereocenters. The Balaban J connectivity index is 1.70. The van der Waals surface area contributed by atoms with Crippen LogP contribution in [0.1, 0.15) is 27.3 Å². The van der Waals surface area contributed by atoms with Crippen LogP contribution in [0.4, 0.5) is 18.9 Å². The molecule has 1 N–H and O–H groups in total. The minimum absolute atomic E-state index is 0.0518. The van der Waals surface area contributed by atoms with Gasteiger partial charge in [0.25, 0.3) is 5.91 Å². The highest BCUT2D eigenvalue weighted by molar-refractivity contribution is 6.05. The molecule has 0 bridgehead atoms. The van der Waals surface area contributed by atoms with Crippen LogP contribution in [-0.2, 0) is 6.18 Å². The van der Waals surface area contributed by atoms with Crippen LogP contribution < -0.4 is 5.32 Å². The zero-order valence-electron chi connectivity index (χ0n) is 16.2. The Morgan fingerprint density at radius 3 is 2.43 bits per heavy atom. The van der Waals surface area contributed by atoms with E-state index in [1.807, 2.05) is 37.3 Å². The Hall–Kier alpha value is -3.68. The fourth-order valence-electron chi connectivity index (χ4n) is 3.30. The fraction of sp³-hybridized carbons (Fsp3) is 0.136. The molecule has 0 spiro atoms. The van der Waals surface area contributed by atoms with Crippen LogP contribution in [0.2, 0.25) is 0 Å². The van der Waals surface area contributed by atoms with Crippen molar-refractivity contribution in [2.45, 2.75) is 20.0 Å². The average molecular weight is 410 g/mol. The summed E-state index contributed by atoms with van der Waals surface area (Å²) in [4.78, 5) is 17.3. The maximum Gasteiger partial charge on any atom is 0.416 e. The van der Waals surface area contributed by atoms with Crippen LogP contribution in [0.3, 0.4) is 0 Å². The minimum Gasteiger partial charge on any atom is -0.322 e. The van der Waals surface area contributed by atoms with E-state index in [0.29, 0.717) is 11.3 Å². The zero-order chi connectivity index (χ0) is 21.5. The number of halogens is 3. The molecule has 0 saturated heterocycles. The Kier molecular flexibility index (Phi) is 4.77. The molecule has 2 heterocycles. The van der Waals surface area contributed by atoms with Crippen molar-refractivity contribution in [2.75, 3.05) is 5.32 Å². The van der Waals surface area contributed by atoms with E-state index in [4.69, 9.17) is 0 Å². The minimum atomic E-state index is -4.49. The number of hydrogen-bond acceptors (Lipinski definition) is 3. The highest BCUT2D eigenvalue weighted by atomic mass is 19.4. The molecule has 0 aliphatic carbocycles. The molecule has 2 aromatic heterocycles. The van der Waals surface area contributed by atoms with E-state index in [9.17, 15) is 18.0 Å². The molecule has 0 radical (unpaired) electrons. The van der Waals surface area contributed by atoms with Gasteiger partial charge in [-0.25, -0.2) is 9.50 Å². The summed E-state index contributed by atoms with van der Waals surface area (Å²) < 4.78 is 40.3. The molecule has 1 amide bonds. The van der Waals surface area contributed by atoms with E-state index in [2.05, 4.69) is 15.4 Å². The third-order valence-corrected chi connectivity index (χ3v) is 4.73. The molecule has 30 heavy (non-hydrogen) atoms. The number of aromatic nitrogens is 3. The number of fused-ring (bicyclic) bond motifs is 1. The van der Waals surface area contributed by atoms with Gasteiger partial charge in [0, 0.05) is 17.4 Å². The summed E-state index contributed by atoms with van der Waals surface area (Å²) >= 11 is 0. The molecule has 0 aliphatic heterocycles. The third kappa shape index (κ3) is 3.63. The van der Waals surface area contributed by atoms with E-state index >= 15 is 0 Å². The standard InChI is InChI=1S/C22H17F3N4O/c1-13-18(21(30)27-17-10-6-9-16(11-17)22(23,24)25)12-29-20(26-13)19(14(2)28-29)15-7-4-3-5-8-15/h3-12H,1-2H3,(H,27,30). The predicted octanol–water partition coefficient (Wildman–Crippen LogP) is 5.28. The van der Waals surface area contributed by atoms with E-state index in [1.165, 1.54) is 16.6 Å². The van der Waals surface area contributed by atoms with Crippen molar-refractivity contribution < 1.29 is 18.0 Å². The molecule has 0 atom stereocenters. The quantitative estimate of drug-likeness (QED) is 0.500. The van der Waals surface area contributed by atoms with Gasteiger partial charge < -0.3 is 5.32 Å². The molecular formula is C22H17F3N4O. The molecule has 8 heteroatoms. The van der Waals surface area contributed by atoms with Crippen molar-refractivity contribution in [3.8, 4) is 11.1 Å². The van der Waals surface area contributed by atoms with Crippen molar-refractivity contribution in [2.24, 2.45) is 0 Å². The van der Waals surface area contributed by atoms with Crippen LogP contribution in [0.15, 0.2) is 60.8 Å². The van der Waals surface area contributed by atoms with Gasteiger partial charge in [-0.05, 0) is 37.6 Å². The van der Waals surface area contributed by atoms with Gasteiger partial charge in [0.15, 0.2) is 5.65 Å². The van der Waals surface area contributed by atoms with Gasteiger partial charge in [-0.3, -0.25) is 4.79 Å². The molecule has 0 aliphatic rings. The Morgan fingerprint density at radius 2 is 1.73 bits per heavy atom. The first kappa shape index (κ1) is 19.6. The molecule has 5 nitrogen and oxygen atoms in total. The van der Waals surface area contributed by atoms with Gasteiger partial charge >= 0.3 is 6.18 Å². The highest BCUT2D eigenvalue weighted by Crippen LogP contribution is 2.31. The maximum absolute atomic E-state index is 12.9. The third-order valence-electron chi connectivity index (χ3n) is 4.73. The van der Waals surface area contributed by atoms with Crippen molar-refractivity contribution in [3.05, 3.63) is 83.3 Å². The first-order valence-corrected chi connectivity index (χ1v) is 9.14. The largest absolute Gasteiger partial charge is 0.416 e. The summed E-state index contributed by atoms with van der Waals surface area (Å²) in [6, 6.07) is 14.2. The maximum atomic E-state index is 12.9.